The van der Waals surface area contributed by atoms with E-state index in [1.807, 2.05) is 0 Å². The summed E-state index contributed by atoms with van der Waals surface area (Å²) in [6.07, 6.45) is 8.48. The molecule has 0 radical (unpaired) electrons. The fourth-order valence-electron chi connectivity index (χ4n) is 3.70. The molecule has 3 rings (SSSR count). The fourth-order valence-corrected chi connectivity index (χ4v) is 3.70. The van der Waals surface area contributed by atoms with Crippen molar-refractivity contribution in [2.24, 2.45) is 5.92 Å². The summed E-state index contributed by atoms with van der Waals surface area (Å²) in [5, 5.41) is 3.80. The molecule has 3 atom stereocenters. The van der Waals surface area contributed by atoms with Gasteiger partial charge in [-0.2, -0.15) is 0 Å². The lowest BCUT2D eigenvalue weighted by molar-refractivity contribution is -0.0316. The Morgan fingerprint density at radius 3 is 2.74 bits per heavy atom. The second-order valence-corrected chi connectivity index (χ2v) is 7.12. The van der Waals surface area contributed by atoms with E-state index in [9.17, 15) is 0 Å². The molecule has 0 aromatic carbocycles. The summed E-state index contributed by atoms with van der Waals surface area (Å²) in [5.74, 6) is 0.956. The van der Waals surface area contributed by atoms with E-state index in [2.05, 4.69) is 24.1 Å². The zero-order chi connectivity index (χ0) is 13.3. The van der Waals surface area contributed by atoms with Crippen molar-refractivity contribution < 1.29 is 4.74 Å². The molecule has 0 aromatic heterocycles. The summed E-state index contributed by atoms with van der Waals surface area (Å²) < 4.78 is 5.97. The van der Waals surface area contributed by atoms with Crippen molar-refractivity contribution in [1.82, 2.24) is 10.2 Å². The number of hydrogen-bond donors (Lipinski definition) is 1. The Balaban J connectivity index is 1.62. The number of piperazine rings is 1. The van der Waals surface area contributed by atoms with E-state index in [0.29, 0.717) is 11.6 Å². The minimum Gasteiger partial charge on any atom is -0.377 e. The van der Waals surface area contributed by atoms with Gasteiger partial charge < -0.3 is 10.1 Å². The molecule has 0 spiro atoms. The summed E-state index contributed by atoms with van der Waals surface area (Å²) in [4.78, 5) is 2.76. The summed E-state index contributed by atoms with van der Waals surface area (Å²) in [7, 11) is 0. The highest BCUT2D eigenvalue weighted by Gasteiger charge is 2.42. The van der Waals surface area contributed by atoms with Crippen molar-refractivity contribution in [2.45, 2.75) is 70.1 Å². The number of nitrogens with one attached hydrogen (secondary N) is 1. The molecular weight excluding hydrogens is 236 g/mol. The molecule has 1 N–H and O–H groups in total. The van der Waals surface area contributed by atoms with Gasteiger partial charge in [0, 0.05) is 37.8 Å². The van der Waals surface area contributed by atoms with Crippen molar-refractivity contribution in [3.05, 3.63) is 0 Å². The third kappa shape index (κ3) is 3.32. The highest BCUT2D eigenvalue weighted by atomic mass is 16.5. The first-order chi connectivity index (χ1) is 9.20. The first kappa shape index (κ1) is 13.8. The Bertz CT molecular complexity index is 299. The van der Waals surface area contributed by atoms with Crippen LogP contribution in [0.5, 0.6) is 0 Å². The standard InChI is InChI=1S/C16H30N2O/c1-3-16(2)12-18(11-14-6-4-5-9-19-14)15(10-17-16)13-7-8-13/h13-15,17H,3-12H2,1-2H3. The smallest absolute Gasteiger partial charge is 0.0702 e. The van der Waals surface area contributed by atoms with Gasteiger partial charge in [-0.25, -0.2) is 0 Å². The average Bonchev–Trinajstić information content (AvgIpc) is 3.25. The van der Waals surface area contributed by atoms with E-state index in [0.717, 1.165) is 18.6 Å². The van der Waals surface area contributed by atoms with Gasteiger partial charge in [0.15, 0.2) is 0 Å². The quantitative estimate of drug-likeness (QED) is 0.845. The zero-order valence-corrected chi connectivity index (χ0v) is 12.7. The predicted molar refractivity (Wildman–Crippen MR) is 78.4 cm³/mol. The Hall–Kier alpha value is -0.120. The van der Waals surface area contributed by atoms with Crippen LogP contribution in [0, 0.1) is 5.92 Å². The van der Waals surface area contributed by atoms with E-state index in [-0.39, 0.29) is 0 Å². The molecule has 19 heavy (non-hydrogen) atoms. The Labute approximate surface area is 118 Å². The summed E-state index contributed by atoms with van der Waals surface area (Å²) >= 11 is 0. The van der Waals surface area contributed by atoms with Crippen LogP contribution >= 0.6 is 0 Å². The summed E-state index contributed by atoms with van der Waals surface area (Å²) in [5.41, 5.74) is 0.306. The van der Waals surface area contributed by atoms with Gasteiger partial charge in [0.05, 0.1) is 6.10 Å². The van der Waals surface area contributed by atoms with Gasteiger partial charge >= 0.3 is 0 Å². The van der Waals surface area contributed by atoms with Crippen LogP contribution in [0.4, 0.5) is 0 Å². The lowest BCUT2D eigenvalue weighted by Gasteiger charge is -2.47. The van der Waals surface area contributed by atoms with Gasteiger partial charge in [0.25, 0.3) is 0 Å². The van der Waals surface area contributed by atoms with Crippen molar-refractivity contribution in [3.8, 4) is 0 Å². The topological polar surface area (TPSA) is 24.5 Å². The highest BCUT2D eigenvalue weighted by molar-refractivity contribution is 5.00. The van der Waals surface area contributed by atoms with E-state index >= 15 is 0 Å². The van der Waals surface area contributed by atoms with Crippen LogP contribution in [-0.2, 0) is 4.74 Å². The SMILES string of the molecule is CCC1(C)CN(CC2CCCCO2)C(C2CC2)CN1. The fraction of sp³-hybridized carbons (Fsp3) is 1.00. The molecule has 2 heterocycles. The molecule has 110 valence electrons. The number of ether oxygens (including phenoxy) is 1. The minimum absolute atomic E-state index is 0.306. The van der Waals surface area contributed by atoms with Gasteiger partial charge in [-0.3, -0.25) is 4.90 Å². The van der Waals surface area contributed by atoms with E-state index in [4.69, 9.17) is 4.74 Å². The zero-order valence-electron chi connectivity index (χ0n) is 12.7. The molecule has 3 unspecified atom stereocenters. The Morgan fingerprint density at radius 1 is 1.26 bits per heavy atom. The van der Waals surface area contributed by atoms with Crippen LogP contribution in [0.15, 0.2) is 0 Å². The maximum Gasteiger partial charge on any atom is 0.0702 e. The molecule has 3 nitrogen and oxygen atoms in total. The Kier molecular flexibility index (Phi) is 4.16. The van der Waals surface area contributed by atoms with Crippen molar-refractivity contribution in [1.29, 1.82) is 0 Å². The van der Waals surface area contributed by atoms with E-state index in [1.54, 1.807) is 0 Å². The number of hydrogen-bond acceptors (Lipinski definition) is 3. The second kappa shape index (κ2) is 5.71. The van der Waals surface area contributed by atoms with Gasteiger partial charge in [-0.1, -0.05) is 6.92 Å². The summed E-state index contributed by atoms with van der Waals surface area (Å²) in [6.45, 7) is 9.21. The second-order valence-electron chi connectivity index (χ2n) is 7.12. The van der Waals surface area contributed by atoms with Crippen LogP contribution in [0.2, 0.25) is 0 Å². The third-order valence-corrected chi connectivity index (χ3v) is 5.42. The molecule has 2 aliphatic heterocycles. The van der Waals surface area contributed by atoms with Crippen LogP contribution < -0.4 is 5.32 Å². The highest BCUT2D eigenvalue weighted by Crippen LogP contribution is 2.38. The normalized spacial score (nSPS) is 41.4. The van der Waals surface area contributed by atoms with Crippen molar-refractivity contribution >= 4 is 0 Å². The van der Waals surface area contributed by atoms with Gasteiger partial charge in [-0.15, -0.1) is 0 Å². The minimum atomic E-state index is 0.306. The molecule has 3 fully saturated rings. The molecule has 1 aliphatic carbocycles. The average molecular weight is 266 g/mol. The van der Waals surface area contributed by atoms with Gasteiger partial charge in [-0.05, 0) is 51.4 Å². The van der Waals surface area contributed by atoms with E-state index in [1.165, 1.54) is 58.2 Å². The summed E-state index contributed by atoms with van der Waals surface area (Å²) in [6, 6.07) is 0.769. The largest absolute Gasteiger partial charge is 0.377 e. The molecular formula is C16H30N2O. The molecule has 0 amide bonds. The van der Waals surface area contributed by atoms with E-state index < -0.39 is 0 Å². The third-order valence-electron chi connectivity index (χ3n) is 5.42. The number of rotatable bonds is 4. The van der Waals surface area contributed by atoms with Crippen LogP contribution in [-0.4, -0.2) is 48.8 Å². The molecule has 1 saturated carbocycles. The maximum absolute atomic E-state index is 5.97. The lowest BCUT2D eigenvalue weighted by Crippen LogP contribution is -2.64. The molecule has 0 aromatic rings. The number of nitrogens with zero attached hydrogens (tertiary/aromatic N) is 1. The van der Waals surface area contributed by atoms with Gasteiger partial charge in [0.2, 0.25) is 0 Å². The van der Waals surface area contributed by atoms with Gasteiger partial charge in [0.1, 0.15) is 0 Å². The maximum atomic E-state index is 5.97. The van der Waals surface area contributed by atoms with Crippen LogP contribution in [0.25, 0.3) is 0 Å². The monoisotopic (exact) mass is 266 g/mol. The molecule has 3 heteroatoms. The van der Waals surface area contributed by atoms with Crippen molar-refractivity contribution in [3.63, 3.8) is 0 Å². The van der Waals surface area contributed by atoms with Crippen LogP contribution in [0.3, 0.4) is 0 Å². The first-order valence-electron chi connectivity index (χ1n) is 8.31. The lowest BCUT2D eigenvalue weighted by atomic mass is 9.91. The predicted octanol–water partition coefficient (Wildman–Crippen LogP) is 2.41. The molecule has 3 aliphatic rings. The van der Waals surface area contributed by atoms with Crippen molar-refractivity contribution in [2.75, 3.05) is 26.2 Å². The molecule has 2 saturated heterocycles. The molecule has 0 bridgehead atoms. The Morgan fingerprint density at radius 2 is 2.11 bits per heavy atom. The van der Waals surface area contributed by atoms with Crippen LogP contribution in [0.1, 0.15) is 52.4 Å². The first-order valence-corrected chi connectivity index (χ1v) is 8.31.